The molecule has 0 radical (unpaired) electrons. The van der Waals surface area contributed by atoms with Gasteiger partial charge in [-0.25, -0.2) is 0 Å². The van der Waals surface area contributed by atoms with Gasteiger partial charge in [0.05, 0.1) is 33.1 Å². The van der Waals surface area contributed by atoms with Gasteiger partial charge in [-0.2, -0.15) is 0 Å². The lowest BCUT2D eigenvalue weighted by Crippen LogP contribution is -2.74. The Morgan fingerprint density at radius 1 is 0.171 bits per heavy atom. The van der Waals surface area contributed by atoms with E-state index in [1.165, 1.54) is 97.4 Å². The van der Waals surface area contributed by atoms with Gasteiger partial charge >= 0.3 is 0 Å². The summed E-state index contributed by atoms with van der Waals surface area (Å²) in [6, 6.07) is 119. The van der Waals surface area contributed by atoms with Crippen LogP contribution in [0.4, 0.5) is 0 Å². The fourth-order valence-electron chi connectivity index (χ4n) is 13.5. The van der Waals surface area contributed by atoms with Crippen molar-refractivity contribution in [3.05, 3.63) is 322 Å². The summed E-state index contributed by atoms with van der Waals surface area (Å²) in [6.45, 7) is 0. The second kappa shape index (κ2) is 19.4. The molecule has 16 aromatic rings. The summed E-state index contributed by atoms with van der Waals surface area (Å²) in [4.78, 5) is 0. The third-order valence-corrected chi connectivity index (χ3v) is 21.9. The van der Waals surface area contributed by atoms with Gasteiger partial charge in [0.25, 0.3) is 0 Å². The summed E-state index contributed by atoms with van der Waals surface area (Å²) in [7, 11) is -2.74. The van der Waals surface area contributed by atoms with E-state index in [9.17, 15) is 0 Å². The molecule has 3 aromatic heterocycles. The third-order valence-electron chi connectivity index (χ3n) is 17.2. The minimum absolute atomic E-state index is 1.09. The van der Waals surface area contributed by atoms with Crippen LogP contribution in [0.1, 0.15) is 0 Å². The van der Waals surface area contributed by atoms with Crippen LogP contribution in [0.2, 0.25) is 0 Å². The Morgan fingerprint density at radius 3 is 1.05 bits per heavy atom. The van der Waals surface area contributed by atoms with Crippen molar-refractivity contribution in [2.75, 3.05) is 0 Å². The summed E-state index contributed by atoms with van der Waals surface area (Å²) < 4.78 is 7.41. The van der Waals surface area contributed by atoms with Crippen LogP contribution in [-0.4, -0.2) is 21.8 Å². The zero-order valence-corrected chi connectivity index (χ0v) is 45.9. The summed E-state index contributed by atoms with van der Waals surface area (Å²) in [5.74, 6) is 0. The SMILES string of the molecule is c1ccc(-c2ccc3c(c2)c2ccccc2n3-c2ccc3c4ccccc4n(-c4cc(-c5ccc(-c6cccc([Si](c7ccccc7)(c7ccccc7)c7ccccc7)c6)cc5)cc(-n5c6ccccc6c6ccccc65)c4)c3c2)cc1. The van der Waals surface area contributed by atoms with E-state index < -0.39 is 8.07 Å². The van der Waals surface area contributed by atoms with Crippen molar-refractivity contribution in [1.29, 1.82) is 0 Å². The standard InChI is InChI=1S/C78H53N3Si/c1-5-22-54(23-6-1)58-44-47-77-72(51-58)70-35-16-20-39-76(70)79(77)60-45-46-71-69-34-15-19-38-75(69)81(78(71)53-60)62-49-59(48-61(52-62)80-73-36-17-13-32-67(73)68-33-14-18-37-74(68)80)56-42-40-55(41-43-56)57-24-21-31-66(50-57)82(63-25-7-2-8-26-63,64-27-9-3-10-28-64)65-29-11-4-12-30-65/h1-53H. The molecule has 82 heavy (non-hydrogen) atoms. The Kier molecular flexibility index (Phi) is 11.2. The molecule has 0 aliphatic heterocycles. The number of benzene rings is 13. The predicted molar refractivity (Wildman–Crippen MR) is 349 cm³/mol. The first kappa shape index (κ1) is 47.5. The lowest BCUT2D eigenvalue weighted by molar-refractivity contribution is 1.13. The van der Waals surface area contributed by atoms with Gasteiger partial charge in [-0.1, -0.05) is 255 Å². The average molecular weight is 1060 g/mol. The lowest BCUT2D eigenvalue weighted by atomic mass is 9.99. The summed E-state index contributed by atoms with van der Waals surface area (Å²) >= 11 is 0. The van der Waals surface area contributed by atoms with Crippen molar-refractivity contribution in [1.82, 2.24) is 13.7 Å². The summed E-state index contributed by atoms with van der Waals surface area (Å²) in [5, 5.41) is 12.8. The fourth-order valence-corrected chi connectivity index (χ4v) is 18.3. The maximum absolute atomic E-state index is 2.74. The van der Waals surface area contributed by atoms with E-state index in [4.69, 9.17) is 0 Å². The third kappa shape index (κ3) is 7.57. The molecule has 0 atom stereocenters. The van der Waals surface area contributed by atoms with Crippen molar-refractivity contribution in [3.8, 4) is 50.4 Å². The van der Waals surface area contributed by atoms with Gasteiger partial charge in [0, 0.05) is 49.4 Å². The maximum Gasteiger partial charge on any atom is 0.179 e. The molecule has 4 heteroatoms. The molecule has 13 aromatic carbocycles. The van der Waals surface area contributed by atoms with Crippen LogP contribution in [0.25, 0.3) is 116 Å². The molecule has 0 unspecified atom stereocenters. The number of fused-ring (bicyclic) bond motifs is 9. The van der Waals surface area contributed by atoms with Crippen LogP contribution in [0.5, 0.6) is 0 Å². The van der Waals surface area contributed by atoms with Crippen LogP contribution in [0.15, 0.2) is 322 Å². The Labute approximate surface area is 477 Å². The molecule has 0 N–H and O–H groups in total. The zero-order chi connectivity index (χ0) is 54.1. The maximum atomic E-state index is 2.50. The molecule has 16 rings (SSSR count). The molecule has 0 amide bonds. The smallest absolute Gasteiger partial charge is 0.179 e. The van der Waals surface area contributed by atoms with Gasteiger partial charge in [0.15, 0.2) is 8.07 Å². The molecule has 3 heterocycles. The average Bonchev–Trinajstić information content (AvgIpc) is 4.35. The van der Waals surface area contributed by atoms with Crippen molar-refractivity contribution in [3.63, 3.8) is 0 Å². The monoisotopic (exact) mass is 1060 g/mol. The van der Waals surface area contributed by atoms with Crippen molar-refractivity contribution < 1.29 is 0 Å². The number of hydrogen-bond acceptors (Lipinski definition) is 0. The van der Waals surface area contributed by atoms with E-state index in [1.807, 2.05) is 0 Å². The van der Waals surface area contributed by atoms with Crippen LogP contribution in [-0.2, 0) is 0 Å². The molecule has 0 saturated carbocycles. The topological polar surface area (TPSA) is 14.8 Å². The van der Waals surface area contributed by atoms with Crippen molar-refractivity contribution in [2.45, 2.75) is 0 Å². The van der Waals surface area contributed by atoms with Gasteiger partial charge in [0.2, 0.25) is 0 Å². The molecular weight excluding hydrogens is 1010 g/mol. The van der Waals surface area contributed by atoms with E-state index >= 15 is 0 Å². The van der Waals surface area contributed by atoms with Gasteiger partial charge in [-0.05, 0) is 121 Å². The minimum Gasteiger partial charge on any atom is -0.309 e. The van der Waals surface area contributed by atoms with E-state index in [0.29, 0.717) is 0 Å². The van der Waals surface area contributed by atoms with Gasteiger partial charge in [-0.15, -0.1) is 0 Å². The molecular formula is C78H53N3Si. The molecule has 0 aliphatic rings. The zero-order valence-electron chi connectivity index (χ0n) is 44.9. The Bertz CT molecular complexity index is 4920. The van der Waals surface area contributed by atoms with E-state index in [2.05, 4.69) is 335 Å². The highest BCUT2D eigenvalue weighted by molar-refractivity contribution is 7.19. The second-order valence-corrected chi connectivity index (χ2v) is 25.4. The Balaban J connectivity index is 0.882. The highest BCUT2D eigenvalue weighted by atomic mass is 28.3. The highest BCUT2D eigenvalue weighted by Gasteiger charge is 2.41. The van der Waals surface area contributed by atoms with Crippen LogP contribution in [0, 0.1) is 0 Å². The number of hydrogen-bond donors (Lipinski definition) is 0. The van der Waals surface area contributed by atoms with Gasteiger partial charge in [0.1, 0.15) is 0 Å². The molecule has 3 nitrogen and oxygen atoms in total. The molecule has 0 bridgehead atoms. The first-order valence-electron chi connectivity index (χ1n) is 28.3. The van der Waals surface area contributed by atoms with Crippen molar-refractivity contribution in [2.24, 2.45) is 0 Å². The number of nitrogens with zero attached hydrogens (tertiary/aromatic N) is 3. The largest absolute Gasteiger partial charge is 0.309 e. The first-order valence-corrected chi connectivity index (χ1v) is 30.3. The van der Waals surface area contributed by atoms with Crippen LogP contribution < -0.4 is 20.7 Å². The second-order valence-electron chi connectivity index (χ2n) is 21.6. The predicted octanol–water partition coefficient (Wildman–Crippen LogP) is 17.4. The van der Waals surface area contributed by atoms with Gasteiger partial charge in [-0.3, -0.25) is 0 Å². The quantitative estimate of drug-likeness (QED) is 0.0958. The number of rotatable bonds is 10. The van der Waals surface area contributed by atoms with Crippen LogP contribution >= 0.6 is 0 Å². The highest BCUT2D eigenvalue weighted by Crippen LogP contribution is 2.41. The van der Waals surface area contributed by atoms with E-state index in [0.717, 1.165) is 39.2 Å². The molecule has 384 valence electrons. The van der Waals surface area contributed by atoms with Gasteiger partial charge < -0.3 is 13.7 Å². The normalized spacial score (nSPS) is 11.9. The Morgan fingerprint density at radius 2 is 0.524 bits per heavy atom. The van der Waals surface area contributed by atoms with E-state index in [-0.39, 0.29) is 0 Å². The van der Waals surface area contributed by atoms with Crippen LogP contribution in [0.3, 0.4) is 0 Å². The number of aromatic nitrogens is 3. The summed E-state index contributed by atoms with van der Waals surface area (Å²) in [6.07, 6.45) is 0. The Hall–Kier alpha value is -10.5. The van der Waals surface area contributed by atoms with E-state index in [1.54, 1.807) is 0 Å². The molecule has 0 fully saturated rings. The molecule has 0 saturated heterocycles. The summed E-state index contributed by atoms with van der Waals surface area (Å²) in [5.41, 5.74) is 17.4. The first-order chi connectivity index (χ1) is 40.7. The van der Waals surface area contributed by atoms with Crippen molar-refractivity contribution >= 4 is 94.2 Å². The molecule has 0 spiro atoms. The minimum atomic E-state index is -2.74. The lowest BCUT2D eigenvalue weighted by Gasteiger charge is -2.34. The fraction of sp³-hybridized carbons (Fsp3) is 0. The number of para-hydroxylation sites is 4. The molecule has 0 aliphatic carbocycles.